The lowest BCUT2D eigenvalue weighted by Crippen LogP contribution is -2.40. The molecule has 8 heteroatoms. The molecule has 0 spiro atoms. The monoisotopic (exact) mass is 322 g/mol. The van der Waals surface area contributed by atoms with Gasteiger partial charge < -0.3 is 9.64 Å². The molecular formula is C15H26N6O2. The Labute approximate surface area is 136 Å². The van der Waals surface area contributed by atoms with Gasteiger partial charge in [0.1, 0.15) is 6.54 Å². The van der Waals surface area contributed by atoms with Crippen LogP contribution in [0.1, 0.15) is 32.0 Å². The smallest absolute Gasteiger partial charge is 0.244 e. The van der Waals surface area contributed by atoms with Crippen molar-refractivity contribution in [1.29, 1.82) is 0 Å². The highest BCUT2D eigenvalue weighted by molar-refractivity contribution is 5.76. The lowest BCUT2D eigenvalue weighted by Gasteiger charge is -2.29. The second kappa shape index (κ2) is 7.35. The summed E-state index contributed by atoms with van der Waals surface area (Å²) in [5, 5.41) is 11.9. The number of amides is 1. The van der Waals surface area contributed by atoms with Crippen molar-refractivity contribution in [3.8, 4) is 0 Å². The Bertz CT molecular complexity index is 520. The van der Waals surface area contributed by atoms with Gasteiger partial charge in [0, 0.05) is 13.7 Å². The minimum absolute atomic E-state index is 0.0290. The quantitative estimate of drug-likeness (QED) is 0.768. The summed E-state index contributed by atoms with van der Waals surface area (Å²) in [5.41, 5.74) is 0. The highest BCUT2D eigenvalue weighted by atomic mass is 16.5. The Morgan fingerprint density at radius 2 is 2.13 bits per heavy atom. The molecule has 0 N–H and O–H groups in total. The van der Waals surface area contributed by atoms with E-state index in [1.807, 2.05) is 7.05 Å². The first-order valence-corrected chi connectivity index (χ1v) is 8.44. The summed E-state index contributed by atoms with van der Waals surface area (Å²) in [6, 6.07) is 0.172. The number of hydrogen-bond acceptors (Lipinski definition) is 6. The van der Waals surface area contributed by atoms with Gasteiger partial charge >= 0.3 is 0 Å². The van der Waals surface area contributed by atoms with Crippen molar-refractivity contribution < 1.29 is 9.53 Å². The van der Waals surface area contributed by atoms with E-state index in [2.05, 4.69) is 27.3 Å². The number of hydrogen-bond donors (Lipinski definition) is 0. The van der Waals surface area contributed by atoms with Crippen LogP contribution < -0.4 is 0 Å². The summed E-state index contributed by atoms with van der Waals surface area (Å²) in [5.74, 6) is 1.59. The molecule has 1 aromatic rings. The van der Waals surface area contributed by atoms with Crippen LogP contribution >= 0.6 is 0 Å². The van der Waals surface area contributed by atoms with E-state index in [0.717, 1.165) is 37.9 Å². The molecule has 23 heavy (non-hydrogen) atoms. The van der Waals surface area contributed by atoms with Gasteiger partial charge in [-0.3, -0.25) is 9.69 Å². The summed E-state index contributed by atoms with van der Waals surface area (Å²) >= 11 is 0. The van der Waals surface area contributed by atoms with E-state index < -0.39 is 0 Å². The second-order valence-corrected chi connectivity index (χ2v) is 6.73. The van der Waals surface area contributed by atoms with Gasteiger partial charge in [-0.25, -0.2) is 4.68 Å². The van der Waals surface area contributed by atoms with Gasteiger partial charge in [0.05, 0.1) is 19.2 Å². The Hall–Kier alpha value is -1.54. The number of carbonyl (C=O) groups excluding carboxylic acids is 1. The topological polar surface area (TPSA) is 76.4 Å². The van der Waals surface area contributed by atoms with Crippen molar-refractivity contribution in [3.63, 3.8) is 0 Å². The van der Waals surface area contributed by atoms with Gasteiger partial charge in [-0.2, -0.15) is 0 Å². The molecule has 0 unspecified atom stereocenters. The number of tetrazole rings is 1. The van der Waals surface area contributed by atoms with Crippen LogP contribution in [0.3, 0.4) is 0 Å². The first-order chi connectivity index (χ1) is 11.1. The third kappa shape index (κ3) is 4.06. The molecule has 2 fully saturated rings. The normalized spacial score (nSPS) is 23.3. The summed E-state index contributed by atoms with van der Waals surface area (Å²) < 4.78 is 6.98. The number of likely N-dealkylation sites (tertiary alicyclic amines) is 1. The van der Waals surface area contributed by atoms with Crippen molar-refractivity contribution in [2.24, 2.45) is 5.92 Å². The van der Waals surface area contributed by atoms with E-state index in [-0.39, 0.29) is 18.5 Å². The number of piperidine rings is 1. The summed E-state index contributed by atoms with van der Waals surface area (Å²) in [4.78, 5) is 16.6. The molecule has 8 nitrogen and oxygen atoms in total. The van der Waals surface area contributed by atoms with Crippen LogP contribution in [-0.2, 0) is 22.6 Å². The molecule has 0 saturated carbocycles. The molecule has 1 amide bonds. The van der Waals surface area contributed by atoms with Crippen LogP contribution in [0, 0.1) is 5.92 Å². The standard InChI is InChI=1S/C15H26N6O2/c1-12-3-6-20(7-4-12)9-14-16-17-18-21(14)10-15(22)19(2)13-5-8-23-11-13/h12-13H,3-11H2,1-2H3/t13-/m1/s1. The zero-order valence-electron chi connectivity index (χ0n) is 14.0. The maximum atomic E-state index is 12.4. The zero-order chi connectivity index (χ0) is 16.2. The molecule has 128 valence electrons. The maximum Gasteiger partial charge on any atom is 0.244 e. The molecule has 1 atom stereocenters. The Morgan fingerprint density at radius 1 is 1.35 bits per heavy atom. The van der Waals surface area contributed by atoms with Crippen molar-refractivity contribution in [3.05, 3.63) is 5.82 Å². The average molecular weight is 322 g/mol. The van der Waals surface area contributed by atoms with Crippen molar-refractivity contribution in [2.45, 2.75) is 45.3 Å². The summed E-state index contributed by atoms with van der Waals surface area (Å²) in [7, 11) is 1.83. The largest absolute Gasteiger partial charge is 0.379 e. The van der Waals surface area contributed by atoms with Crippen LogP contribution in [-0.4, -0.2) is 75.3 Å². The number of nitrogens with zero attached hydrogens (tertiary/aromatic N) is 6. The van der Waals surface area contributed by atoms with E-state index in [4.69, 9.17) is 4.74 Å². The van der Waals surface area contributed by atoms with Crippen molar-refractivity contribution >= 4 is 5.91 Å². The van der Waals surface area contributed by atoms with Crippen LogP contribution in [0.25, 0.3) is 0 Å². The third-order valence-corrected chi connectivity index (χ3v) is 4.98. The Balaban J connectivity index is 1.56. The fourth-order valence-electron chi connectivity index (χ4n) is 3.15. The molecule has 2 aliphatic rings. The molecule has 2 saturated heterocycles. The minimum Gasteiger partial charge on any atom is -0.379 e. The fraction of sp³-hybridized carbons (Fsp3) is 0.867. The van der Waals surface area contributed by atoms with E-state index in [0.29, 0.717) is 13.2 Å². The SMILES string of the molecule is CC1CCN(Cc2nnnn2CC(=O)N(C)[C@@H]2CCOC2)CC1. The van der Waals surface area contributed by atoms with Crippen LogP contribution in [0.5, 0.6) is 0 Å². The van der Waals surface area contributed by atoms with Crippen molar-refractivity contribution in [2.75, 3.05) is 33.4 Å². The van der Waals surface area contributed by atoms with E-state index in [9.17, 15) is 4.79 Å². The van der Waals surface area contributed by atoms with E-state index in [1.165, 1.54) is 12.8 Å². The molecule has 0 radical (unpaired) electrons. The highest BCUT2D eigenvalue weighted by Crippen LogP contribution is 2.17. The third-order valence-electron chi connectivity index (χ3n) is 4.98. The van der Waals surface area contributed by atoms with Crippen molar-refractivity contribution in [1.82, 2.24) is 30.0 Å². The first-order valence-electron chi connectivity index (χ1n) is 8.44. The summed E-state index contributed by atoms with van der Waals surface area (Å²) in [6.07, 6.45) is 3.33. The van der Waals surface area contributed by atoms with Crippen LogP contribution in [0.4, 0.5) is 0 Å². The number of likely N-dealkylation sites (N-methyl/N-ethyl adjacent to an activating group) is 1. The van der Waals surface area contributed by atoms with Crippen LogP contribution in [0.15, 0.2) is 0 Å². The van der Waals surface area contributed by atoms with E-state index in [1.54, 1.807) is 9.58 Å². The lowest BCUT2D eigenvalue weighted by atomic mass is 9.99. The van der Waals surface area contributed by atoms with Gasteiger partial charge in [-0.15, -0.1) is 5.10 Å². The van der Waals surface area contributed by atoms with Gasteiger partial charge in [-0.1, -0.05) is 6.92 Å². The molecule has 0 aromatic carbocycles. The molecule has 3 heterocycles. The predicted molar refractivity (Wildman–Crippen MR) is 83.5 cm³/mol. The lowest BCUT2D eigenvalue weighted by molar-refractivity contribution is -0.132. The molecule has 0 aliphatic carbocycles. The molecule has 1 aromatic heterocycles. The Kier molecular flexibility index (Phi) is 5.22. The van der Waals surface area contributed by atoms with Gasteiger partial charge in [0.25, 0.3) is 0 Å². The number of aromatic nitrogens is 4. The summed E-state index contributed by atoms with van der Waals surface area (Å²) in [6.45, 7) is 6.69. The second-order valence-electron chi connectivity index (χ2n) is 6.73. The Morgan fingerprint density at radius 3 is 2.83 bits per heavy atom. The maximum absolute atomic E-state index is 12.4. The first kappa shape index (κ1) is 16.3. The van der Waals surface area contributed by atoms with Gasteiger partial charge in [-0.05, 0) is 48.7 Å². The van der Waals surface area contributed by atoms with Crippen LogP contribution in [0.2, 0.25) is 0 Å². The molecule has 2 aliphatic heterocycles. The highest BCUT2D eigenvalue weighted by Gasteiger charge is 2.25. The number of carbonyl (C=O) groups is 1. The number of rotatable bonds is 5. The zero-order valence-corrected chi connectivity index (χ0v) is 14.0. The predicted octanol–water partition coefficient (Wildman–Crippen LogP) is 0.152. The molecular weight excluding hydrogens is 296 g/mol. The molecule has 0 bridgehead atoms. The average Bonchev–Trinajstić information content (AvgIpc) is 3.21. The van der Waals surface area contributed by atoms with E-state index >= 15 is 0 Å². The van der Waals surface area contributed by atoms with Gasteiger partial charge in [0.15, 0.2) is 5.82 Å². The number of ether oxygens (including phenoxy) is 1. The fourth-order valence-corrected chi connectivity index (χ4v) is 3.15. The molecule has 3 rings (SSSR count). The van der Waals surface area contributed by atoms with Gasteiger partial charge in [0.2, 0.25) is 5.91 Å². The minimum atomic E-state index is 0.0290.